The Labute approximate surface area is 160 Å². The van der Waals surface area contributed by atoms with Crippen molar-refractivity contribution in [3.8, 4) is 11.1 Å². The van der Waals surface area contributed by atoms with E-state index in [4.69, 9.17) is 0 Å². The van der Waals surface area contributed by atoms with E-state index in [-0.39, 0.29) is 24.8 Å². The van der Waals surface area contributed by atoms with Crippen LogP contribution in [0.5, 0.6) is 0 Å². The molecule has 0 radical (unpaired) electrons. The first kappa shape index (κ1) is 19.0. The second-order valence-corrected chi connectivity index (χ2v) is 7.00. The smallest absolute Gasteiger partial charge is 0.272 e. The number of pyridine rings is 1. The van der Waals surface area contributed by atoms with E-state index in [0.717, 1.165) is 25.7 Å². The van der Waals surface area contributed by atoms with E-state index in [1.54, 1.807) is 36.2 Å². The number of nitrogens with one attached hydrogen (secondary N) is 1. The third-order valence-electron chi connectivity index (χ3n) is 5.32. The maximum absolute atomic E-state index is 14.2. The number of benzene rings is 1. The molecule has 144 valence electrons. The molecule has 0 unspecified atom stereocenters. The molecule has 27 heavy (non-hydrogen) atoms. The molecule has 5 nitrogen and oxygen atoms in total. The van der Waals surface area contributed by atoms with Gasteiger partial charge in [0.1, 0.15) is 11.5 Å². The second-order valence-electron chi connectivity index (χ2n) is 7.00. The fourth-order valence-corrected chi connectivity index (χ4v) is 3.57. The van der Waals surface area contributed by atoms with Crippen molar-refractivity contribution in [2.75, 3.05) is 14.1 Å². The third-order valence-corrected chi connectivity index (χ3v) is 5.32. The Morgan fingerprint density at radius 1 is 1.26 bits per heavy atom. The molecular weight excluding hydrogens is 345 g/mol. The molecule has 3 rings (SSSR count). The molecule has 0 atom stereocenters. The predicted octanol–water partition coefficient (Wildman–Crippen LogP) is 3.82. The summed E-state index contributed by atoms with van der Waals surface area (Å²) in [5.74, 6) is -0.907. The molecule has 0 bridgehead atoms. The average Bonchev–Trinajstić information content (AvgIpc) is 3.23. The fraction of sp³-hybridized carbons (Fsp3) is 0.381. The summed E-state index contributed by atoms with van der Waals surface area (Å²) in [6, 6.07) is 6.55. The normalized spacial score (nSPS) is 14.2. The van der Waals surface area contributed by atoms with Gasteiger partial charge in [-0.3, -0.25) is 14.6 Å². The van der Waals surface area contributed by atoms with Crippen LogP contribution in [0.3, 0.4) is 0 Å². The zero-order valence-electron chi connectivity index (χ0n) is 15.9. The zero-order valence-corrected chi connectivity index (χ0v) is 15.9. The molecule has 1 heterocycles. The van der Waals surface area contributed by atoms with Crippen LogP contribution in [0.2, 0.25) is 0 Å². The molecule has 1 aromatic carbocycles. The van der Waals surface area contributed by atoms with E-state index in [2.05, 4.69) is 10.3 Å². The summed E-state index contributed by atoms with van der Waals surface area (Å²) in [6.45, 7) is 1.66. The number of amides is 2. The lowest BCUT2D eigenvalue weighted by molar-refractivity contribution is 0.0729. The number of carbonyl (C=O) groups excluding carboxylic acids is 2. The Kier molecular flexibility index (Phi) is 5.54. The van der Waals surface area contributed by atoms with Gasteiger partial charge in [0, 0.05) is 38.9 Å². The molecule has 0 saturated heterocycles. The minimum Gasteiger partial charge on any atom is -0.355 e. The minimum atomic E-state index is -0.452. The number of hydrogen-bond donors (Lipinski definition) is 1. The summed E-state index contributed by atoms with van der Waals surface area (Å²) in [5, 5.41) is 2.50. The molecule has 1 fully saturated rings. The van der Waals surface area contributed by atoms with Gasteiger partial charge in [-0.05, 0) is 49.1 Å². The molecule has 0 spiro atoms. The van der Waals surface area contributed by atoms with Crippen LogP contribution in [0.4, 0.5) is 4.39 Å². The molecule has 2 amide bonds. The van der Waals surface area contributed by atoms with Crippen molar-refractivity contribution in [3.63, 3.8) is 0 Å². The van der Waals surface area contributed by atoms with Crippen LogP contribution in [0.1, 0.15) is 53.5 Å². The van der Waals surface area contributed by atoms with Gasteiger partial charge in [0.05, 0.1) is 0 Å². The predicted molar refractivity (Wildman–Crippen MR) is 104 cm³/mol. The van der Waals surface area contributed by atoms with Crippen molar-refractivity contribution in [1.29, 1.82) is 0 Å². The molecule has 0 aliphatic heterocycles. The van der Waals surface area contributed by atoms with Crippen molar-refractivity contribution >= 4 is 11.8 Å². The van der Waals surface area contributed by atoms with E-state index in [1.807, 2.05) is 7.05 Å². The Hall–Kier alpha value is -2.76. The molecule has 1 N–H and O–H groups in total. The van der Waals surface area contributed by atoms with Crippen LogP contribution in [-0.4, -0.2) is 41.8 Å². The van der Waals surface area contributed by atoms with Crippen LogP contribution in [0.25, 0.3) is 11.1 Å². The molecule has 2 aromatic rings. The number of nitrogens with zero attached hydrogens (tertiary/aromatic N) is 2. The van der Waals surface area contributed by atoms with E-state index in [1.165, 1.54) is 13.1 Å². The molecule has 1 aromatic heterocycles. The summed E-state index contributed by atoms with van der Waals surface area (Å²) in [5.41, 5.74) is 2.30. The van der Waals surface area contributed by atoms with Gasteiger partial charge >= 0.3 is 0 Å². The van der Waals surface area contributed by atoms with Crippen LogP contribution >= 0.6 is 0 Å². The third kappa shape index (κ3) is 3.84. The van der Waals surface area contributed by atoms with Gasteiger partial charge in [0.2, 0.25) is 0 Å². The van der Waals surface area contributed by atoms with Crippen molar-refractivity contribution in [2.45, 2.75) is 38.6 Å². The van der Waals surface area contributed by atoms with E-state index in [9.17, 15) is 14.0 Å². The summed E-state index contributed by atoms with van der Waals surface area (Å²) in [4.78, 5) is 30.6. The number of aromatic nitrogens is 1. The summed E-state index contributed by atoms with van der Waals surface area (Å²) < 4.78 is 14.2. The van der Waals surface area contributed by atoms with Gasteiger partial charge in [-0.15, -0.1) is 0 Å². The summed E-state index contributed by atoms with van der Waals surface area (Å²) in [7, 11) is 3.32. The first-order valence-corrected chi connectivity index (χ1v) is 9.18. The number of carbonyl (C=O) groups is 2. The summed E-state index contributed by atoms with van der Waals surface area (Å²) >= 11 is 0. The van der Waals surface area contributed by atoms with Gasteiger partial charge in [-0.1, -0.05) is 18.9 Å². The van der Waals surface area contributed by atoms with Gasteiger partial charge in [-0.25, -0.2) is 4.39 Å². The summed E-state index contributed by atoms with van der Waals surface area (Å²) in [6.07, 6.45) is 5.93. The number of rotatable bonds is 4. The quantitative estimate of drug-likeness (QED) is 0.889. The highest BCUT2D eigenvalue weighted by Crippen LogP contribution is 2.27. The average molecular weight is 371 g/mol. The maximum atomic E-state index is 14.2. The Morgan fingerprint density at radius 2 is 1.96 bits per heavy atom. The SMILES string of the molecule is CNC(=O)c1cc(F)c(C)c(-c2ccc(C(=O)N(C)C3CCCC3)nc2)c1.[HH]. The lowest BCUT2D eigenvalue weighted by Crippen LogP contribution is -2.35. The van der Waals surface area contributed by atoms with E-state index < -0.39 is 5.82 Å². The molecular formula is C21H26FN3O2. The van der Waals surface area contributed by atoms with Crippen molar-refractivity contribution in [1.82, 2.24) is 15.2 Å². The Bertz CT molecular complexity index is 865. The maximum Gasteiger partial charge on any atom is 0.272 e. The first-order chi connectivity index (χ1) is 12.9. The van der Waals surface area contributed by atoms with Crippen molar-refractivity contribution in [2.24, 2.45) is 0 Å². The lowest BCUT2D eigenvalue weighted by Gasteiger charge is -2.23. The Balaban J connectivity index is 0.00000280. The van der Waals surface area contributed by atoms with Gasteiger partial charge in [-0.2, -0.15) is 0 Å². The van der Waals surface area contributed by atoms with Crippen molar-refractivity contribution < 1.29 is 15.4 Å². The zero-order chi connectivity index (χ0) is 19.6. The standard InChI is InChI=1S/C21H24FN3O2.H2/c1-13-17(10-15(11-18(13)22)20(26)23-2)14-8-9-19(24-12-14)21(27)25(3)16-6-4-5-7-16;/h8-12,16H,4-7H2,1-3H3,(H,23,26);1H. The van der Waals surface area contributed by atoms with Crippen LogP contribution < -0.4 is 5.32 Å². The van der Waals surface area contributed by atoms with E-state index in [0.29, 0.717) is 22.4 Å². The minimum absolute atomic E-state index is 0. The van der Waals surface area contributed by atoms with Gasteiger partial charge < -0.3 is 10.2 Å². The first-order valence-electron chi connectivity index (χ1n) is 9.18. The second kappa shape index (κ2) is 7.86. The number of halogens is 1. The Morgan fingerprint density at radius 3 is 2.56 bits per heavy atom. The molecule has 1 aliphatic rings. The van der Waals surface area contributed by atoms with Crippen molar-refractivity contribution in [3.05, 3.63) is 53.1 Å². The van der Waals surface area contributed by atoms with Gasteiger partial charge in [0.25, 0.3) is 11.8 Å². The fourth-order valence-electron chi connectivity index (χ4n) is 3.57. The van der Waals surface area contributed by atoms with Gasteiger partial charge in [0.15, 0.2) is 0 Å². The monoisotopic (exact) mass is 371 g/mol. The van der Waals surface area contributed by atoms with Crippen LogP contribution in [0, 0.1) is 12.7 Å². The highest BCUT2D eigenvalue weighted by Gasteiger charge is 2.25. The number of hydrogen-bond acceptors (Lipinski definition) is 3. The molecule has 1 aliphatic carbocycles. The van der Waals surface area contributed by atoms with Crippen LogP contribution in [0.15, 0.2) is 30.5 Å². The van der Waals surface area contributed by atoms with Crippen LogP contribution in [-0.2, 0) is 0 Å². The highest BCUT2D eigenvalue weighted by molar-refractivity contribution is 5.96. The topological polar surface area (TPSA) is 62.3 Å². The highest BCUT2D eigenvalue weighted by atomic mass is 19.1. The lowest BCUT2D eigenvalue weighted by atomic mass is 9.98. The van der Waals surface area contributed by atoms with E-state index >= 15 is 0 Å². The largest absolute Gasteiger partial charge is 0.355 e. The molecule has 6 heteroatoms. The molecule has 1 saturated carbocycles.